The van der Waals surface area contributed by atoms with Crippen LogP contribution in [0.5, 0.6) is 5.75 Å². The lowest BCUT2D eigenvalue weighted by Crippen LogP contribution is -2.11. The summed E-state index contributed by atoms with van der Waals surface area (Å²) in [6.45, 7) is 5.85. The van der Waals surface area contributed by atoms with Gasteiger partial charge in [-0.15, -0.1) is 0 Å². The zero-order valence-electron chi connectivity index (χ0n) is 9.93. The Morgan fingerprint density at radius 1 is 1.19 bits per heavy atom. The van der Waals surface area contributed by atoms with Gasteiger partial charge >= 0.3 is 10.1 Å². The third-order valence-electron chi connectivity index (χ3n) is 2.14. The van der Waals surface area contributed by atoms with Gasteiger partial charge in [0.05, 0.1) is 5.75 Å². The highest BCUT2D eigenvalue weighted by molar-refractivity contribution is 7.87. The fourth-order valence-electron chi connectivity index (χ4n) is 1.36. The van der Waals surface area contributed by atoms with Crippen LogP contribution in [0, 0.1) is 5.92 Å². The topological polar surface area (TPSA) is 43.4 Å². The SMILES string of the molecule is CCS(=O)(=O)Oc1ccc(CC(C)C)cc1. The Morgan fingerprint density at radius 3 is 2.19 bits per heavy atom. The highest BCUT2D eigenvalue weighted by atomic mass is 32.2. The van der Waals surface area contributed by atoms with Gasteiger partial charge < -0.3 is 4.18 Å². The summed E-state index contributed by atoms with van der Waals surface area (Å²) in [4.78, 5) is 0. The minimum absolute atomic E-state index is 0.0131. The molecule has 0 aromatic heterocycles. The van der Waals surface area contributed by atoms with E-state index in [0.29, 0.717) is 11.7 Å². The van der Waals surface area contributed by atoms with Gasteiger partial charge in [0, 0.05) is 0 Å². The maximum atomic E-state index is 11.2. The molecule has 90 valence electrons. The Hall–Kier alpha value is -1.03. The standard InChI is InChI=1S/C12H18O3S/c1-4-16(13,14)15-12-7-5-11(6-8-12)9-10(2)3/h5-8,10H,4,9H2,1-3H3. The highest BCUT2D eigenvalue weighted by Gasteiger charge is 2.08. The maximum Gasteiger partial charge on any atom is 0.308 e. The Balaban J connectivity index is 2.72. The van der Waals surface area contributed by atoms with Crippen molar-refractivity contribution in [3.63, 3.8) is 0 Å². The lowest BCUT2D eigenvalue weighted by atomic mass is 10.0. The van der Waals surface area contributed by atoms with Crippen LogP contribution in [0.2, 0.25) is 0 Å². The molecule has 0 saturated carbocycles. The molecular weight excluding hydrogens is 224 g/mol. The van der Waals surface area contributed by atoms with Gasteiger partial charge in [-0.1, -0.05) is 26.0 Å². The first-order valence-corrected chi connectivity index (χ1v) is 7.02. The van der Waals surface area contributed by atoms with E-state index in [0.717, 1.165) is 6.42 Å². The maximum absolute atomic E-state index is 11.2. The molecule has 1 rings (SSSR count). The third-order valence-corrected chi connectivity index (χ3v) is 3.30. The zero-order valence-corrected chi connectivity index (χ0v) is 10.8. The van der Waals surface area contributed by atoms with E-state index in [1.54, 1.807) is 19.1 Å². The van der Waals surface area contributed by atoms with Crippen molar-refractivity contribution in [1.29, 1.82) is 0 Å². The van der Waals surface area contributed by atoms with Crippen molar-refractivity contribution < 1.29 is 12.6 Å². The fourth-order valence-corrected chi connectivity index (χ4v) is 1.88. The fraction of sp³-hybridized carbons (Fsp3) is 0.500. The highest BCUT2D eigenvalue weighted by Crippen LogP contribution is 2.16. The van der Waals surface area contributed by atoms with Crippen LogP contribution in [-0.4, -0.2) is 14.2 Å². The summed E-state index contributed by atoms with van der Waals surface area (Å²) in [5.41, 5.74) is 1.19. The van der Waals surface area contributed by atoms with Gasteiger partial charge in [-0.3, -0.25) is 0 Å². The van der Waals surface area contributed by atoms with Crippen LogP contribution in [0.15, 0.2) is 24.3 Å². The molecule has 0 aliphatic carbocycles. The van der Waals surface area contributed by atoms with Crippen molar-refractivity contribution in [2.75, 3.05) is 5.75 Å². The number of hydrogen-bond acceptors (Lipinski definition) is 3. The van der Waals surface area contributed by atoms with Gasteiger partial charge in [0.25, 0.3) is 0 Å². The Labute approximate surface area is 97.6 Å². The lowest BCUT2D eigenvalue weighted by molar-refractivity contribution is 0.487. The first-order chi connectivity index (χ1) is 7.43. The van der Waals surface area contributed by atoms with E-state index >= 15 is 0 Å². The first kappa shape index (κ1) is 13.0. The summed E-state index contributed by atoms with van der Waals surface area (Å²) in [6.07, 6.45) is 0.987. The number of hydrogen-bond donors (Lipinski definition) is 0. The minimum Gasteiger partial charge on any atom is -0.382 e. The van der Waals surface area contributed by atoms with Crippen molar-refractivity contribution in [2.24, 2.45) is 5.92 Å². The minimum atomic E-state index is -3.41. The Kier molecular flexibility index (Phi) is 4.35. The molecule has 3 nitrogen and oxygen atoms in total. The van der Waals surface area contributed by atoms with Crippen LogP contribution in [0.1, 0.15) is 26.3 Å². The van der Waals surface area contributed by atoms with E-state index in [9.17, 15) is 8.42 Å². The summed E-state index contributed by atoms with van der Waals surface area (Å²) in [7, 11) is -3.41. The van der Waals surface area contributed by atoms with Gasteiger partial charge in [-0.25, -0.2) is 0 Å². The molecule has 0 fully saturated rings. The molecule has 0 saturated heterocycles. The second-order valence-corrected chi connectivity index (χ2v) is 6.03. The molecule has 1 aromatic carbocycles. The summed E-state index contributed by atoms with van der Waals surface area (Å²) in [5, 5.41) is 0. The van der Waals surface area contributed by atoms with Gasteiger partial charge in [0.1, 0.15) is 5.75 Å². The Morgan fingerprint density at radius 2 is 1.75 bits per heavy atom. The van der Waals surface area contributed by atoms with Crippen molar-refractivity contribution in [2.45, 2.75) is 27.2 Å². The third kappa shape index (κ3) is 4.23. The van der Waals surface area contributed by atoms with Crippen LogP contribution >= 0.6 is 0 Å². The van der Waals surface area contributed by atoms with E-state index in [1.807, 2.05) is 12.1 Å². The van der Waals surface area contributed by atoms with E-state index < -0.39 is 10.1 Å². The summed E-state index contributed by atoms with van der Waals surface area (Å²) in [5.74, 6) is 0.960. The van der Waals surface area contributed by atoms with Crippen LogP contribution in [-0.2, 0) is 16.5 Å². The Bertz CT molecular complexity index is 418. The quantitative estimate of drug-likeness (QED) is 0.745. The summed E-state index contributed by atoms with van der Waals surface area (Å²) >= 11 is 0. The van der Waals surface area contributed by atoms with E-state index in [-0.39, 0.29) is 5.75 Å². The molecule has 0 amide bonds. The smallest absolute Gasteiger partial charge is 0.308 e. The monoisotopic (exact) mass is 242 g/mol. The molecule has 0 aliphatic rings. The van der Waals surface area contributed by atoms with Gasteiger partial charge in [0.15, 0.2) is 0 Å². The molecule has 0 heterocycles. The van der Waals surface area contributed by atoms with Crippen LogP contribution < -0.4 is 4.18 Å². The largest absolute Gasteiger partial charge is 0.382 e. The number of rotatable bonds is 5. The van der Waals surface area contributed by atoms with E-state index in [2.05, 4.69) is 13.8 Å². The second kappa shape index (κ2) is 5.34. The normalized spacial score (nSPS) is 11.8. The first-order valence-electron chi connectivity index (χ1n) is 5.44. The molecule has 1 aromatic rings. The molecule has 0 atom stereocenters. The molecule has 16 heavy (non-hydrogen) atoms. The second-order valence-electron chi connectivity index (χ2n) is 4.17. The average Bonchev–Trinajstić information content (AvgIpc) is 2.20. The molecule has 0 bridgehead atoms. The number of benzene rings is 1. The van der Waals surface area contributed by atoms with Crippen molar-refractivity contribution in [1.82, 2.24) is 0 Å². The van der Waals surface area contributed by atoms with E-state index in [1.165, 1.54) is 5.56 Å². The predicted molar refractivity (Wildman–Crippen MR) is 65.1 cm³/mol. The van der Waals surface area contributed by atoms with Crippen LogP contribution in [0.3, 0.4) is 0 Å². The van der Waals surface area contributed by atoms with Crippen molar-refractivity contribution in [3.8, 4) is 5.75 Å². The molecule has 0 radical (unpaired) electrons. The molecule has 4 heteroatoms. The van der Waals surface area contributed by atoms with Crippen LogP contribution in [0.25, 0.3) is 0 Å². The van der Waals surface area contributed by atoms with Crippen LogP contribution in [0.4, 0.5) is 0 Å². The summed E-state index contributed by atoms with van der Waals surface area (Å²) in [6, 6.07) is 7.21. The molecule has 0 N–H and O–H groups in total. The van der Waals surface area contributed by atoms with Gasteiger partial charge in [-0.05, 0) is 37.0 Å². The average molecular weight is 242 g/mol. The zero-order chi connectivity index (χ0) is 12.2. The molecule has 0 aliphatic heterocycles. The van der Waals surface area contributed by atoms with Crippen molar-refractivity contribution in [3.05, 3.63) is 29.8 Å². The van der Waals surface area contributed by atoms with E-state index in [4.69, 9.17) is 4.18 Å². The van der Waals surface area contributed by atoms with Crippen molar-refractivity contribution >= 4 is 10.1 Å². The molecule has 0 spiro atoms. The predicted octanol–water partition coefficient (Wildman–Crippen LogP) is 2.61. The van der Waals surface area contributed by atoms with Gasteiger partial charge in [0.2, 0.25) is 0 Å². The summed E-state index contributed by atoms with van der Waals surface area (Å²) < 4.78 is 27.3. The lowest BCUT2D eigenvalue weighted by Gasteiger charge is -2.07. The molecule has 0 unspecified atom stereocenters. The van der Waals surface area contributed by atoms with Gasteiger partial charge in [-0.2, -0.15) is 8.42 Å². The molecular formula is C12H18O3S.